The molecule has 0 bridgehead atoms. The van der Waals surface area contributed by atoms with Crippen LogP contribution in [0.15, 0.2) is 24.3 Å². The highest BCUT2D eigenvalue weighted by Crippen LogP contribution is 2.36. The molecule has 0 amide bonds. The van der Waals surface area contributed by atoms with Gasteiger partial charge in [0.1, 0.15) is 10.7 Å². The average Bonchev–Trinajstić information content (AvgIpc) is 3.35. The van der Waals surface area contributed by atoms with E-state index in [4.69, 9.17) is 9.47 Å². The maximum atomic E-state index is 10.9. The molecule has 2 N–H and O–H groups in total. The first-order chi connectivity index (χ1) is 13.5. The number of likely N-dealkylation sites (tertiary alicyclic amines) is 1. The Morgan fingerprint density at radius 3 is 2.64 bits per heavy atom. The van der Waals surface area contributed by atoms with Gasteiger partial charge in [-0.15, -0.1) is 5.10 Å². The van der Waals surface area contributed by atoms with Crippen molar-refractivity contribution in [3.8, 4) is 5.88 Å². The topological polar surface area (TPSA) is 73.3 Å². The third kappa shape index (κ3) is 3.00. The van der Waals surface area contributed by atoms with Crippen LogP contribution in [0.2, 0.25) is 0 Å². The molecule has 2 aliphatic rings. The molecular weight excluding hydrogens is 376 g/mol. The number of piperidine rings is 1. The maximum absolute atomic E-state index is 10.9. The summed E-state index contributed by atoms with van der Waals surface area (Å²) < 4.78 is 13.4. The normalized spacial score (nSPS) is 20.9. The molecule has 7 nitrogen and oxygen atoms in total. The van der Waals surface area contributed by atoms with E-state index in [1.807, 2.05) is 6.92 Å². The number of thiazole rings is 1. The molecule has 0 unspecified atom stereocenters. The summed E-state index contributed by atoms with van der Waals surface area (Å²) in [5.41, 5.74) is 2.42. The molecule has 5 rings (SSSR count). The standard InChI is InChI=1S/C20H24N4O3S/c1-13-4-3-5-15(12-13)16(17-18(25)24-19(28-17)21-14(2)22-24)23-8-6-20(7-9-23)26-10-11-27-20/h3-5,12,16,25H,6-11H2,1-2H3/p+1/t16-/m0/s1. The van der Waals surface area contributed by atoms with Gasteiger partial charge in [-0.05, 0) is 19.9 Å². The number of aryl methyl sites for hydroxylation is 2. The zero-order chi connectivity index (χ0) is 19.3. The van der Waals surface area contributed by atoms with Crippen LogP contribution in [-0.4, -0.2) is 51.8 Å². The van der Waals surface area contributed by atoms with Crippen molar-refractivity contribution in [3.05, 3.63) is 46.1 Å². The van der Waals surface area contributed by atoms with Gasteiger partial charge in [-0.1, -0.05) is 35.1 Å². The molecule has 148 valence electrons. The van der Waals surface area contributed by atoms with Crippen LogP contribution in [0.3, 0.4) is 0 Å². The van der Waals surface area contributed by atoms with E-state index in [1.165, 1.54) is 27.4 Å². The Labute approximate surface area is 167 Å². The van der Waals surface area contributed by atoms with E-state index >= 15 is 0 Å². The molecule has 2 aliphatic heterocycles. The van der Waals surface area contributed by atoms with Gasteiger partial charge in [-0.2, -0.15) is 4.52 Å². The number of benzene rings is 1. The van der Waals surface area contributed by atoms with Gasteiger partial charge in [0.2, 0.25) is 10.8 Å². The minimum atomic E-state index is -0.397. The SMILES string of the molecule is Cc1cccc([C@@H](c2sc3nc(C)nn3c2O)[NH+]2CCC3(CC2)OCCO3)c1. The number of hydrogen-bond donors (Lipinski definition) is 2. The molecule has 2 aromatic heterocycles. The monoisotopic (exact) mass is 401 g/mol. The predicted octanol–water partition coefficient (Wildman–Crippen LogP) is 1.62. The summed E-state index contributed by atoms with van der Waals surface area (Å²) in [4.78, 5) is 7.51. The van der Waals surface area contributed by atoms with E-state index in [-0.39, 0.29) is 11.9 Å². The van der Waals surface area contributed by atoms with Crippen molar-refractivity contribution < 1.29 is 19.5 Å². The minimum absolute atomic E-state index is 0.0347. The summed E-state index contributed by atoms with van der Waals surface area (Å²) in [6, 6.07) is 8.59. The summed E-state index contributed by atoms with van der Waals surface area (Å²) in [7, 11) is 0. The Balaban J connectivity index is 1.53. The number of aromatic hydroxyl groups is 1. The highest BCUT2D eigenvalue weighted by Gasteiger charge is 2.45. The minimum Gasteiger partial charge on any atom is -0.492 e. The van der Waals surface area contributed by atoms with Gasteiger partial charge in [-0.3, -0.25) is 0 Å². The van der Waals surface area contributed by atoms with Crippen LogP contribution in [0.1, 0.15) is 40.7 Å². The van der Waals surface area contributed by atoms with E-state index in [0.717, 1.165) is 35.8 Å². The van der Waals surface area contributed by atoms with Crippen LogP contribution >= 0.6 is 11.3 Å². The van der Waals surface area contributed by atoms with E-state index < -0.39 is 5.79 Å². The number of nitrogens with zero attached hydrogens (tertiary/aromatic N) is 3. The summed E-state index contributed by atoms with van der Waals surface area (Å²) in [5, 5.41) is 15.3. The van der Waals surface area contributed by atoms with Crippen molar-refractivity contribution in [2.45, 2.75) is 38.5 Å². The van der Waals surface area contributed by atoms with E-state index in [9.17, 15) is 5.11 Å². The number of fused-ring (bicyclic) bond motifs is 1. The third-order valence-electron chi connectivity index (χ3n) is 5.82. The molecule has 1 spiro atoms. The summed E-state index contributed by atoms with van der Waals surface area (Å²) in [6.45, 7) is 7.16. The first-order valence-corrected chi connectivity index (χ1v) is 10.6. The highest BCUT2D eigenvalue weighted by molar-refractivity contribution is 7.17. The largest absolute Gasteiger partial charge is 0.492 e. The molecule has 3 aromatic rings. The average molecular weight is 402 g/mol. The van der Waals surface area contributed by atoms with Gasteiger partial charge in [0.15, 0.2) is 11.8 Å². The second kappa shape index (κ2) is 6.81. The molecule has 2 saturated heterocycles. The van der Waals surface area contributed by atoms with Crippen LogP contribution in [-0.2, 0) is 9.47 Å². The van der Waals surface area contributed by atoms with Crippen molar-refractivity contribution in [2.75, 3.05) is 26.3 Å². The predicted molar refractivity (Wildman–Crippen MR) is 105 cm³/mol. The molecule has 4 heterocycles. The van der Waals surface area contributed by atoms with Crippen molar-refractivity contribution in [1.29, 1.82) is 0 Å². The lowest BCUT2D eigenvalue weighted by atomic mass is 9.96. The Morgan fingerprint density at radius 2 is 1.96 bits per heavy atom. The molecule has 0 aliphatic carbocycles. The smallest absolute Gasteiger partial charge is 0.235 e. The van der Waals surface area contributed by atoms with Crippen LogP contribution in [0.5, 0.6) is 5.88 Å². The molecule has 0 saturated carbocycles. The second-order valence-corrected chi connectivity index (χ2v) is 8.77. The number of nitrogens with one attached hydrogen (secondary N) is 1. The molecule has 1 atom stereocenters. The lowest BCUT2D eigenvalue weighted by Crippen LogP contribution is -3.14. The van der Waals surface area contributed by atoms with E-state index in [0.29, 0.717) is 19.0 Å². The fourth-order valence-corrected chi connectivity index (χ4v) is 5.67. The van der Waals surface area contributed by atoms with Gasteiger partial charge >= 0.3 is 0 Å². The zero-order valence-electron chi connectivity index (χ0n) is 16.1. The fourth-order valence-electron chi connectivity index (χ4n) is 4.48. The van der Waals surface area contributed by atoms with Gasteiger partial charge in [-0.25, -0.2) is 4.98 Å². The lowest BCUT2D eigenvalue weighted by molar-refractivity contribution is -0.933. The fraction of sp³-hybridized carbons (Fsp3) is 0.500. The Morgan fingerprint density at radius 1 is 1.21 bits per heavy atom. The second-order valence-electron chi connectivity index (χ2n) is 7.76. The number of rotatable bonds is 3. The van der Waals surface area contributed by atoms with Gasteiger partial charge in [0.25, 0.3) is 0 Å². The lowest BCUT2D eigenvalue weighted by Gasteiger charge is -2.38. The highest BCUT2D eigenvalue weighted by atomic mass is 32.1. The van der Waals surface area contributed by atoms with Crippen LogP contribution in [0, 0.1) is 13.8 Å². The molecule has 2 fully saturated rings. The quantitative estimate of drug-likeness (QED) is 0.698. The number of quaternary nitrogens is 1. The number of hydrogen-bond acceptors (Lipinski definition) is 6. The van der Waals surface area contributed by atoms with Crippen molar-refractivity contribution in [2.24, 2.45) is 0 Å². The third-order valence-corrected chi connectivity index (χ3v) is 6.90. The van der Waals surface area contributed by atoms with Crippen LogP contribution < -0.4 is 4.90 Å². The van der Waals surface area contributed by atoms with Crippen LogP contribution in [0.4, 0.5) is 0 Å². The molecule has 0 radical (unpaired) electrons. The zero-order valence-corrected chi connectivity index (χ0v) is 17.0. The molecular formula is C20H25N4O3S+. The van der Waals surface area contributed by atoms with E-state index in [2.05, 4.69) is 41.3 Å². The summed E-state index contributed by atoms with van der Waals surface area (Å²) >= 11 is 1.53. The summed E-state index contributed by atoms with van der Waals surface area (Å²) in [5.74, 6) is 0.474. The first kappa shape index (κ1) is 18.1. The number of ether oxygens (including phenoxy) is 2. The molecule has 28 heavy (non-hydrogen) atoms. The van der Waals surface area contributed by atoms with Crippen molar-refractivity contribution >= 4 is 16.3 Å². The number of aromatic nitrogens is 3. The van der Waals surface area contributed by atoms with Gasteiger partial charge in [0, 0.05) is 5.56 Å². The van der Waals surface area contributed by atoms with Gasteiger partial charge < -0.3 is 19.5 Å². The molecule has 8 heteroatoms. The summed E-state index contributed by atoms with van der Waals surface area (Å²) in [6.07, 6.45) is 1.73. The molecule has 1 aromatic carbocycles. The Kier molecular flexibility index (Phi) is 4.39. The van der Waals surface area contributed by atoms with E-state index in [1.54, 1.807) is 4.52 Å². The first-order valence-electron chi connectivity index (χ1n) is 9.79. The Bertz CT molecular complexity index is 998. The van der Waals surface area contributed by atoms with Gasteiger partial charge in [0.05, 0.1) is 39.1 Å². The van der Waals surface area contributed by atoms with Crippen LogP contribution in [0.25, 0.3) is 4.96 Å². The maximum Gasteiger partial charge on any atom is 0.235 e. The van der Waals surface area contributed by atoms with Crippen molar-refractivity contribution in [1.82, 2.24) is 14.6 Å². The Hall–Kier alpha value is -2.00. The van der Waals surface area contributed by atoms with Crippen molar-refractivity contribution in [3.63, 3.8) is 0 Å².